The number of hydrogen-bond acceptors (Lipinski definition) is 6. The summed E-state index contributed by atoms with van der Waals surface area (Å²) in [5.74, 6) is -1.04. The number of nitrogens with one attached hydrogen (secondary N) is 1. The molecule has 3 amide bonds. The van der Waals surface area contributed by atoms with Gasteiger partial charge in [0.25, 0.3) is 5.91 Å². The molecule has 1 aliphatic rings. The average molecular weight is 387 g/mol. The predicted molar refractivity (Wildman–Crippen MR) is 101 cm³/mol. The molecule has 1 aromatic carbocycles. The smallest absolute Gasteiger partial charge is 0.324 e. The standard InChI is InChI=1S/C19H21N3O4S/c1-11-4-6-14(7-5-11)17-15(27-13(3)21-17)10-16(23)26-12(2)18(24)22-9-8-20-19(22)25/h4-7,12H,8-10H2,1-3H3,(H,20,25). The first kappa shape index (κ1) is 19.0. The van der Waals surface area contributed by atoms with Crippen molar-refractivity contribution in [2.24, 2.45) is 0 Å². The lowest BCUT2D eigenvalue weighted by molar-refractivity contribution is -0.156. The molecule has 0 aliphatic carbocycles. The molecule has 3 rings (SSSR count). The van der Waals surface area contributed by atoms with Crippen LogP contribution in [0.1, 0.15) is 22.4 Å². The molecule has 1 atom stereocenters. The molecule has 1 unspecified atom stereocenters. The third-order valence-corrected chi connectivity index (χ3v) is 5.18. The number of carbonyl (C=O) groups excluding carboxylic acids is 3. The van der Waals surface area contributed by atoms with Gasteiger partial charge in [-0.25, -0.2) is 9.78 Å². The van der Waals surface area contributed by atoms with Crippen LogP contribution < -0.4 is 5.32 Å². The molecule has 1 N–H and O–H groups in total. The van der Waals surface area contributed by atoms with E-state index in [1.165, 1.54) is 18.3 Å². The van der Waals surface area contributed by atoms with Crippen LogP contribution in [-0.4, -0.2) is 47.0 Å². The van der Waals surface area contributed by atoms with E-state index >= 15 is 0 Å². The fourth-order valence-electron chi connectivity index (χ4n) is 2.85. The number of esters is 1. The van der Waals surface area contributed by atoms with E-state index in [9.17, 15) is 14.4 Å². The number of carbonyl (C=O) groups is 3. The van der Waals surface area contributed by atoms with Gasteiger partial charge in [-0.1, -0.05) is 29.8 Å². The Bertz CT molecular complexity index is 876. The predicted octanol–water partition coefficient (Wildman–Crippen LogP) is 2.45. The third kappa shape index (κ3) is 4.33. The summed E-state index contributed by atoms with van der Waals surface area (Å²) in [6.45, 7) is 6.06. The molecule has 8 heteroatoms. The van der Waals surface area contributed by atoms with Crippen molar-refractivity contribution >= 4 is 29.2 Å². The summed E-state index contributed by atoms with van der Waals surface area (Å²) in [7, 11) is 0. The van der Waals surface area contributed by atoms with E-state index in [0.717, 1.165) is 31.6 Å². The maximum Gasteiger partial charge on any atom is 0.324 e. The van der Waals surface area contributed by atoms with Gasteiger partial charge in [0.05, 0.1) is 17.1 Å². The Morgan fingerprint density at radius 1 is 1.30 bits per heavy atom. The van der Waals surface area contributed by atoms with Crippen LogP contribution >= 0.6 is 11.3 Å². The summed E-state index contributed by atoms with van der Waals surface area (Å²) in [4.78, 5) is 42.6. The number of amides is 3. The van der Waals surface area contributed by atoms with Gasteiger partial charge < -0.3 is 10.1 Å². The molecule has 1 saturated heterocycles. The van der Waals surface area contributed by atoms with Crippen LogP contribution in [0.25, 0.3) is 11.3 Å². The van der Waals surface area contributed by atoms with Crippen LogP contribution in [0.2, 0.25) is 0 Å². The molecule has 1 fully saturated rings. The van der Waals surface area contributed by atoms with E-state index in [1.807, 2.05) is 38.1 Å². The number of urea groups is 1. The first-order valence-electron chi connectivity index (χ1n) is 8.67. The molecule has 27 heavy (non-hydrogen) atoms. The van der Waals surface area contributed by atoms with Gasteiger partial charge in [0.2, 0.25) is 0 Å². The summed E-state index contributed by atoms with van der Waals surface area (Å²) in [5, 5.41) is 3.40. The van der Waals surface area contributed by atoms with Crippen molar-refractivity contribution in [1.29, 1.82) is 0 Å². The van der Waals surface area contributed by atoms with Crippen molar-refractivity contribution < 1.29 is 19.1 Å². The van der Waals surface area contributed by atoms with Gasteiger partial charge in [0.1, 0.15) is 0 Å². The van der Waals surface area contributed by atoms with Gasteiger partial charge in [0, 0.05) is 23.5 Å². The number of aryl methyl sites for hydroxylation is 2. The van der Waals surface area contributed by atoms with Crippen molar-refractivity contribution in [2.75, 3.05) is 13.1 Å². The number of nitrogens with zero attached hydrogens (tertiary/aromatic N) is 2. The van der Waals surface area contributed by atoms with Gasteiger partial charge in [-0.05, 0) is 20.8 Å². The van der Waals surface area contributed by atoms with Crippen LogP contribution in [0.5, 0.6) is 0 Å². The second-order valence-electron chi connectivity index (χ2n) is 6.40. The first-order valence-corrected chi connectivity index (χ1v) is 9.49. The molecular weight excluding hydrogens is 366 g/mol. The van der Waals surface area contributed by atoms with Crippen molar-refractivity contribution in [2.45, 2.75) is 33.3 Å². The molecule has 0 spiro atoms. The Morgan fingerprint density at radius 3 is 2.63 bits per heavy atom. The van der Waals surface area contributed by atoms with E-state index < -0.39 is 24.0 Å². The number of ether oxygens (including phenoxy) is 1. The lowest BCUT2D eigenvalue weighted by Crippen LogP contribution is -2.42. The second kappa shape index (κ2) is 7.87. The lowest BCUT2D eigenvalue weighted by Gasteiger charge is -2.18. The van der Waals surface area contributed by atoms with E-state index in [-0.39, 0.29) is 13.0 Å². The van der Waals surface area contributed by atoms with Crippen molar-refractivity contribution in [3.05, 3.63) is 39.7 Å². The Kier molecular flexibility index (Phi) is 5.55. The van der Waals surface area contributed by atoms with Crippen LogP contribution in [0.4, 0.5) is 4.79 Å². The number of imide groups is 1. The lowest BCUT2D eigenvalue weighted by atomic mass is 10.1. The summed E-state index contributed by atoms with van der Waals surface area (Å²) in [5.41, 5.74) is 2.84. The molecule has 0 saturated carbocycles. The number of aromatic nitrogens is 1. The Hall–Kier alpha value is -2.74. The van der Waals surface area contributed by atoms with Crippen LogP contribution in [0, 0.1) is 13.8 Å². The van der Waals surface area contributed by atoms with E-state index in [2.05, 4.69) is 10.3 Å². The molecule has 2 heterocycles. The average Bonchev–Trinajstić information content (AvgIpc) is 3.20. The van der Waals surface area contributed by atoms with Gasteiger partial charge in [0.15, 0.2) is 6.10 Å². The molecule has 142 valence electrons. The minimum atomic E-state index is -1.02. The highest BCUT2D eigenvalue weighted by molar-refractivity contribution is 7.12. The molecular formula is C19H21N3O4S. The van der Waals surface area contributed by atoms with Gasteiger partial charge in [-0.3, -0.25) is 14.5 Å². The second-order valence-corrected chi connectivity index (χ2v) is 7.69. The Morgan fingerprint density at radius 2 is 2.00 bits per heavy atom. The molecule has 7 nitrogen and oxygen atoms in total. The fraction of sp³-hybridized carbons (Fsp3) is 0.368. The normalized spacial score (nSPS) is 14.8. The van der Waals surface area contributed by atoms with Gasteiger partial charge >= 0.3 is 12.0 Å². The molecule has 0 radical (unpaired) electrons. The number of thiazole rings is 1. The van der Waals surface area contributed by atoms with Gasteiger partial charge in [-0.15, -0.1) is 11.3 Å². The first-order chi connectivity index (χ1) is 12.8. The Balaban J connectivity index is 1.68. The molecule has 2 aromatic rings. The fourth-order valence-corrected chi connectivity index (χ4v) is 3.79. The van der Waals surface area contributed by atoms with Crippen LogP contribution in [-0.2, 0) is 20.7 Å². The zero-order valence-corrected chi connectivity index (χ0v) is 16.3. The zero-order valence-electron chi connectivity index (χ0n) is 15.4. The van der Waals surface area contributed by atoms with E-state index in [4.69, 9.17) is 4.74 Å². The summed E-state index contributed by atoms with van der Waals surface area (Å²) in [6, 6.07) is 7.47. The van der Waals surface area contributed by atoms with Crippen molar-refractivity contribution in [1.82, 2.24) is 15.2 Å². The maximum atomic E-state index is 12.4. The molecule has 1 aliphatic heterocycles. The van der Waals surface area contributed by atoms with E-state index in [1.54, 1.807) is 0 Å². The highest BCUT2D eigenvalue weighted by Crippen LogP contribution is 2.29. The highest BCUT2D eigenvalue weighted by Gasteiger charge is 2.31. The Labute approximate surface area is 161 Å². The monoisotopic (exact) mass is 387 g/mol. The van der Waals surface area contributed by atoms with Gasteiger partial charge in [-0.2, -0.15) is 0 Å². The SMILES string of the molecule is Cc1ccc(-c2nc(C)sc2CC(=O)OC(C)C(=O)N2CCNC2=O)cc1. The quantitative estimate of drug-likeness (QED) is 0.796. The highest BCUT2D eigenvalue weighted by atomic mass is 32.1. The van der Waals surface area contributed by atoms with Crippen LogP contribution in [0.3, 0.4) is 0 Å². The molecule has 0 bridgehead atoms. The van der Waals surface area contributed by atoms with Crippen LogP contribution in [0.15, 0.2) is 24.3 Å². The summed E-state index contributed by atoms with van der Waals surface area (Å²) >= 11 is 1.43. The number of benzene rings is 1. The maximum absolute atomic E-state index is 12.4. The summed E-state index contributed by atoms with van der Waals surface area (Å²) < 4.78 is 5.26. The third-order valence-electron chi connectivity index (χ3n) is 4.21. The number of hydrogen-bond donors (Lipinski definition) is 1. The van der Waals surface area contributed by atoms with Crippen molar-refractivity contribution in [3.63, 3.8) is 0 Å². The van der Waals surface area contributed by atoms with E-state index in [0.29, 0.717) is 6.54 Å². The number of rotatable bonds is 5. The summed E-state index contributed by atoms with van der Waals surface area (Å²) in [6.07, 6.45) is -0.989. The zero-order chi connectivity index (χ0) is 19.6. The van der Waals surface area contributed by atoms with Crippen molar-refractivity contribution in [3.8, 4) is 11.3 Å². The molecule has 1 aromatic heterocycles. The largest absolute Gasteiger partial charge is 0.452 e. The topological polar surface area (TPSA) is 88.6 Å². The minimum Gasteiger partial charge on any atom is -0.452 e. The minimum absolute atomic E-state index is 0.0263.